The van der Waals surface area contributed by atoms with Gasteiger partial charge in [0.1, 0.15) is 12.4 Å². The Morgan fingerprint density at radius 1 is 1.20 bits per heavy atom. The molecular formula is C19H26N2O3S. The average molecular weight is 362 g/mol. The predicted octanol–water partition coefficient (Wildman–Crippen LogP) is 3.21. The SMILES string of the molecule is COCCOc1ccc(C(=O)NC(=S)NCCC2=CCCCC2)cc1. The first-order valence-electron chi connectivity index (χ1n) is 8.68. The van der Waals surface area contributed by atoms with E-state index in [0.29, 0.717) is 29.6 Å². The van der Waals surface area contributed by atoms with Crippen molar-refractivity contribution in [3.05, 3.63) is 41.5 Å². The van der Waals surface area contributed by atoms with Gasteiger partial charge in [0, 0.05) is 19.2 Å². The maximum atomic E-state index is 12.2. The largest absolute Gasteiger partial charge is 0.491 e. The highest BCUT2D eigenvalue weighted by atomic mass is 32.1. The number of thiocarbonyl (C=S) groups is 1. The molecule has 0 aliphatic heterocycles. The van der Waals surface area contributed by atoms with E-state index in [-0.39, 0.29) is 5.91 Å². The van der Waals surface area contributed by atoms with Crippen molar-refractivity contribution in [3.63, 3.8) is 0 Å². The summed E-state index contributed by atoms with van der Waals surface area (Å²) in [5, 5.41) is 6.17. The number of hydrogen-bond acceptors (Lipinski definition) is 4. The number of rotatable bonds is 8. The van der Waals surface area contributed by atoms with Gasteiger partial charge in [-0.15, -0.1) is 0 Å². The summed E-state index contributed by atoms with van der Waals surface area (Å²) >= 11 is 5.19. The summed E-state index contributed by atoms with van der Waals surface area (Å²) in [6.07, 6.45) is 8.23. The van der Waals surface area contributed by atoms with Crippen LogP contribution in [0.25, 0.3) is 0 Å². The summed E-state index contributed by atoms with van der Waals surface area (Å²) in [4.78, 5) is 12.2. The molecule has 0 heterocycles. The molecule has 0 atom stereocenters. The van der Waals surface area contributed by atoms with E-state index in [0.717, 1.165) is 13.0 Å². The first kappa shape index (κ1) is 19.4. The van der Waals surface area contributed by atoms with Crippen molar-refractivity contribution in [3.8, 4) is 5.75 Å². The number of methoxy groups -OCH3 is 1. The molecule has 1 aliphatic rings. The third-order valence-corrected chi connectivity index (χ3v) is 4.26. The fourth-order valence-corrected chi connectivity index (χ4v) is 2.83. The monoisotopic (exact) mass is 362 g/mol. The van der Waals surface area contributed by atoms with Crippen LogP contribution >= 0.6 is 12.2 Å². The van der Waals surface area contributed by atoms with Gasteiger partial charge in [-0.05, 0) is 68.6 Å². The molecule has 0 aromatic heterocycles. The minimum absolute atomic E-state index is 0.224. The zero-order valence-electron chi connectivity index (χ0n) is 14.7. The van der Waals surface area contributed by atoms with Crippen molar-refractivity contribution >= 4 is 23.2 Å². The van der Waals surface area contributed by atoms with Crippen molar-refractivity contribution in [2.75, 3.05) is 26.9 Å². The van der Waals surface area contributed by atoms with Gasteiger partial charge in [-0.3, -0.25) is 10.1 Å². The molecule has 5 nitrogen and oxygen atoms in total. The minimum Gasteiger partial charge on any atom is -0.491 e. The molecule has 2 rings (SSSR count). The first-order chi connectivity index (χ1) is 12.2. The number of allylic oxidation sites excluding steroid dienone is 1. The van der Waals surface area contributed by atoms with E-state index in [1.807, 2.05) is 0 Å². The number of ether oxygens (including phenoxy) is 2. The van der Waals surface area contributed by atoms with Gasteiger partial charge in [0.05, 0.1) is 6.61 Å². The molecule has 1 aliphatic carbocycles. The third kappa shape index (κ3) is 7.23. The Kier molecular flexibility index (Phi) is 8.42. The molecule has 0 saturated carbocycles. The molecule has 0 fully saturated rings. The van der Waals surface area contributed by atoms with E-state index in [9.17, 15) is 4.79 Å². The molecule has 1 amide bonds. The number of nitrogens with one attached hydrogen (secondary N) is 2. The van der Waals surface area contributed by atoms with Crippen LogP contribution in [-0.2, 0) is 4.74 Å². The molecule has 2 N–H and O–H groups in total. The Hall–Kier alpha value is -1.92. The molecule has 6 heteroatoms. The number of amides is 1. The molecule has 1 aromatic carbocycles. The molecule has 136 valence electrons. The van der Waals surface area contributed by atoms with E-state index in [2.05, 4.69) is 16.7 Å². The highest BCUT2D eigenvalue weighted by molar-refractivity contribution is 7.80. The Bertz CT molecular complexity index is 599. The van der Waals surface area contributed by atoms with E-state index in [1.54, 1.807) is 31.4 Å². The number of carbonyl (C=O) groups excluding carboxylic acids is 1. The fourth-order valence-electron chi connectivity index (χ4n) is 2.63. The summed E-state index contributed by atoms with van der Waals surface area (Å²) < 4.78 is 10.4. The third-order valence-electron chi connectivity index (χ3n) is 4.02. The smallest absolute Gasteiger partial charge is 0.257 e. The summed E-state index contributed by atoms with van der Waals surface area (Å²) in [6.45, 7) is 1.75. The van der Waals surface area contributed by atoms with E-state index >= 15 is 0 Å². The van der Waals surface area contributed by atoms with Crippen molar-refractivity contribution < 1.29 is 14.3 Å². The van der Waals surface area contributed by atoms with Gasteiger partial charge in [-0.25, -0.2) is 0 Å². The predicted molar refractivity (Wildman–Crippen MR) is 103 cm³/mol. The van der Waals surface area contributed by atoms with Crippen LogP contribution in [0.5, 0.6) is 5.75 Å². The summed E-state index contributed by atoms with van der Waals surface area (Å²) in [5.74, 6) is 0.480. The molecule has 0 unspecified atom stereocenters. The zero-order valence-corrected chi connectivity index (χ0v) is 15.5. The summed E-state index contributed by atoms with van der Waals surface area (Å²) in [5.41, 5.74) is 2.02. The number of hydrogen-bond donors (Lipinski definition) is 2. The Balaban J connectivity index is 1.71. The van der Waals surface area contributed by atoms with E-state index in [1.165, 1.54) is 31.3 Å². The quantitative estimate of drug-likeness (QED) is 0.422. The lowest BCUT2D eigenvalue weighted by atomic mass is 9.97. The lowest BCUT2D eigenvalue weighted by molar-refractivity contribution is 0.0976. The normalized spacial score (nSPS) is 13.7. The van der Waals surface area contributed by atoms with Crippen LogP contribution in [0.2, 0.25) is 0 Å². The molecule has 0 bridgehead atoms. The van der Waals surface area contributed by atoms with Gasteiger partial charge in [0.15, 0.2) is 5.11 Å². The van der Waals surface area contributed by atoms with Gasteiger partial charge in [-0.2, -0.15) is 0 Å². The van der Waals surface area contributed by atoms with Crippen LogP contribution in [0.15, 0.2) is 35.9 Å². The minimum atomic E-state index is -0.224. The van der Waals surface area contributed by atoms with Crippen LogP contribution in [0.1, 0.15) is 42.5 Å². The van der Waals surface area contributed by atoms with Crippen LogP contribution in [0, 0.1) is 0 Å². The number of benzene rings is 1. The topological polar surface area (TPSA) is 59.6 Å². The molecular weight excluding hydrogens is 336 g/mol. The fraction of sp³-hybridized carbons (Fsp3) is 0.474. The highest BCUT2D eigenvalue weighted by Gasteiger charge is 2.08. The van der Waals surface area contributed by atoms with Crippen LogP contribution < -0.4 is 15.4 Å². The van der Waals surface area contributed by atoms with Crippen molar-refractivity contribution in [2.24, 2.45) is 0 Å². The van der Waals surface area contributed by atoms with E-state index in [4.69, 9.17) is 21.7 Å². The van der Waals surface area contributed by atoms with Gasteiger partial charge in [-0.1, -0.05) is 11.6 Å². The summed E-state index contributed by atoms with van der Waals surface area (Å²) in [7, 11) is 1.62. The summed E-state index contributed by atoms with van der Waals surface area (Å²) in [6, 6.07) is 6.95. The second-order valence-corrected chi connectivity index (χ2v) is 6.34. The van der Waals surface area contributed by atoms with Gasteiger partial charge >= 0.3 is 0 Å². The maximum Gasteiger partial charge on any atom is 0.257 e. The Morgan fingerprint density at radius 2 is 2.00 bits per heavy atom. The van der Waals surface area contributed by atoms with Crippen molar-refractivity contribution in [1.82, 2.24) is 10.6 Å². The molecule has 25 heavy (non-hydrogen) atoms. The molecule has 0 saturated heterocycles. The number of carbonyl (C=O) groups is 1. The Morgan fingerprint density at radius 3 is 2.68 bits per heavy atom. The van der Waals surface area contributed by atoms with Crippen LogP contribution in [0.4, 0.5) is 0 Å². The molecule has 0 radical (unpaired) electrons. The second kappa shape index (κ2) is 10.8. The maximum absolute atomic E-state index is 12.2. The van der Waals surface area contributed by atoms with E-state index < -0.39 is 0 Å². The van der Waals surface area contributed by atoms with Crippen molar-refractivity contribution in [1.29, 1.82) is 0 Å². The molecule has 1 aromatic rings. The van der Waals surface area contributed by atoms with Gasteiger partial charge in [0.25, 0.3) is 5.91 Å². The highest BCUT2D eigenvalue weighted by Crippen LogP contribution is 2.19. The van der Waals surface area contributed by atoms with Crippen LogP contribution in [-0.4, -0.2) is 37.9 Å². The standard InChI is InChI=1S/C19H26N2O3S/c1-23-13-14-24-17-9-7-16(8-10-17)18(22)21-19(25)20-12-11-15-5-3-2-4-6-15/h5,7-10H,2-4,6,11-14H2,1H3,(H2,20,21,22,25). The van der Waals surface area contributed by atoms with Gasteiger partial charge < -0.3 is 14.8 Å². The average Bonchev–Trinajstić information content (AvgIpc) is 2.63. The zero-order chi connectivity index (χ0) is 17.9. The van der Waals surface area contributed by atoms with Crippen molar-refractivity contribution in [2.45, 2.75) is 32.1 Å². The van der Waals surface area contributed by atoms with Gasteiger partial charge in [0.2, 0.25) is 0 Å². The van der Waals surface area contributed by atoms with Crippen LogP contribution in [0.3, 0.4) is 0 Å². The Labute approximate surface area is 154 Å². The second-order valence-electron chi connectivity index (χ2n) is 5.93. The lowest BCUT2D eigenvalue weighted by Crippen LogP contribution is -2.39. The first-order valence-corrected chi connectivity index (χ1v) is 9.09. The lowest BCUT2D eigenvalue weighted by Gasteiger charge is -2.14. The molecule has 0 spiro atoms.